The van der Waals surface area contributed by atoms with Crippen molar-refractivity contribution in [3.05, 3.63) is 42.5 Å². The number of nitrogens with one attached hydrogen (secondary N) is 1. The van der Waals surface area contributed by atoms with E-state index in [9.17, 15) is 0 Å². The van der Waals surface area contributed by atoms with E-state index in [1.807, 2.05) is 12.1 Å². The number of rotatable bonds is 9. The summed E-state index contributed by atoms with van der Waals surface area (Å²) in [6.45, 7) is 9.87. The highest BCUT2D eigenvalue weighted by atomic mass is 16.5. The number of hydrogen-bond donors (Lipinski definition) is 1. The van der Waals surface area contributed by atoms with Gasteiger partial charge in [0.05, 0.1) is 26.3 Å². The van der Waals surface area contributed by atoms with E-state index in [4.69, 9.17) is 9.47 Å². The van der Waals surface area contributed by atoms with Crippen LogP contribution in [0, 0.1) is 0 Å². The van der Waals surface area contributed by atoms with E-state index in [1.165, 1.54) is 10.8 Å². The summed E-state index contributed by atoms with van der Waals surface area (Å²) in [6, 6.07) is 14.5. The molecule has 0 aliphatic heterocycles. The van der Waals surface area contributed by atoms with Gasteiger partial charge in [-0.05, 0) is 36.8 Å². The van der Waals surface area contributed by atoms with E-state index in [1.54, 1.807) is 4.90 Å². The van der Waals surface area contributed by atoms with Crippen molar-refractivity contribution >= 4 is 10.8 Å². The van der Waals surface area contributed by atoms with Crippen LogP contribution >= 0.6 is 0 Å². The van der Waals surface area contributed by atoms with Crippen molar-refractivity contribution in [1.82, 2.24) is 0 Å². The Morgan fingerprint density at radius 3 is 2.38 bits per heavy atom. The van der Waals surface area contributed by atoms with Gasteiger partial charge in [-0.3, -0.25) is 0 Å². The van der Waals surface area contributed by atoms with Gasteiger partial charge >= 0.3 is 0 Å². The number of hydrogen-bond acceptors (Lipinski definition) is 2. The van der Waals surface area contributed by atoms with Crippen LogP contribution in [0.25, 0.3) is 10.8 Å². The molecule has 0 saturated heterocycles. The van der Waals surface area contributed by atoms with Gasteiger partial charge in [-0.2, -0.15) is 0 Å². The Hall–Kier alpha value is -1.58. The maximum atomic E-state index is 5.74. The van der Waals surface area contributed by atoms with Crippen LogP contribution in [0.5, 0.6) is 5.75 Å². The largest absolute Gasteiger partial charge is 0.491 e. The summed E-state index contributed by atoms with van der Waals surface area (Å²) in [5.41, 5.74) is 0. The summed E-state index contributed by atoms with van der Waals surface area (Å²) < 4.78 is 11.4. The molecule has 0 heterocycles. The van der Waals surface area contributed by atoms with Gasteiger partial charge in [0.2, 0.25) is 0 Å². The normalized spacial score (nSPS) is 11.2. The van der Waals surface area contributed by atoms with Crippen LogP contribution in [-0.2, 0) is 4.74 Å². The van der Waals surface area contributed by atoms with E-state index in [0.717, 1.165) is 32.0 Å². The number of fused-ring (bicyclic) bond motifs is 1. The fourth-order valence-corrected chi connectivity index (χ4v) is 2.40. The first-order chi connectivity index (χ1) is 10.3. The minimum atomic E-state index is 0.603. The molecule has 114 valence electrons. The first kappa shape index (κ1) is 15.8. The maximum Gasteiger partial charge on any atom is 0.120 e. The Bertz CT molecular complexity index is 537. The average Bonchev–Trinajstić information content (AvgIpc) is 2.54. The Balaban J connectivity index is 1.68. The molecule has 0 aromatic heterocycles. The molecular formula is C18H26NO2+. The third-order valence-electron chi connectivity index (χ3n) is 3.82. The lowest BCUT2D eigenvalue weighted by molar-refractivity contribution is -0.896. The summed E-state index contributed by atoms with van der Waals surface area (Å²) in [7, 11) is 0. The van der Waals surface area contributed by atoms with Crippen LogP contribution in [0.2, 0.25) is 0 Å². The Labute approximate surface area is 127 Å². The molecule has 2 aromatic carbocycles. The van der Waals surface area contributed by atoms with Crippen LogP contribution in [0.3, 0.4) is 0 Å². The van der Waals surface area contributed by atoms with Crippen molar-refractivity contribution < 1.29 is 14.4 Å². The lowest BCUT2D eigenvalue weighted by atomic mass is 10.1. The summed E-state index contributed by atoms with van der Waals surface area (Å²) in [5.74, 6) is 0.909. The maximum absolute atomic E-state index is 5.74. The van der Waals surface area contributed by atoms with E-state index in [-0.39, 0.29) is 0 Å². The Morgan fingerprint density at radius 2 is 1.62 bits per heavy atom. The molecule has 3 heteroatoms. The zero-order valence-corrected chi connectivity index (χ0v) is 13.1. The molecule has 0 spiro atoms. The summed E-state index contributed by atoms with van der Waals surface area (Å²) in [5, 5.41) is 2.45. The molecule has 2 rings (SSSR count). The lowest BCUT2D eigenvalue weighted by Gasteiger charge is -2.15. The highest BCUT2D eigenvalue weighted by Crippen LogP contribution is 2.20. The summed E-state index contributed by atoms with van der Waals surface area (Å²) in [6.07, 6.45) is 0. The summed E-state index contributed by atoms with van der Waals surface area (Å²) >= 11 is 0. The second-order valence-corrected chi connectivity index (χ2v) is 5.18. The lowest BCUT2D eigenvalue weighted by Crippen LogP contribution is -3.11. The molecule has 0 amide bonds. The molecule has 0 atom stereocenters. The standard InChI is InChI=1S/C18H25NO2/c1-3-19(4-2)11-12-20-13-14-21-18-10-9-16-7-5-6-8-17(16)15-18/h5-10,15H,3-4,11-14H2,1-2H3/p+1. The van der Waals surface area contributed by atoms with Gasteiger partial charge in [-0.1, -0.05) is 30.3 Å². The number of likely N-dealkylation sites (N-methyl/N-ethyl adjacent to an activating group) is 1. The third kappa shape index (κ3) is 5.03. The van der Waals surface area contributed by atoms with Crippen LogP contribution in [0.15, 0.2) is 42.5 Å². The first-order valence-corrected chi connectivity index (χ1v) is 7.86. The SMILES string of the molecule is CC[NH+](CC)CCOCCOc1ccc2ccccc2c1. The average molecular weight is 288 g/mol. The van der Waals surface area contributed by atoms with E-state index in [2.05, 4.69) is 44.2 Å². The van der Waals surface area contributed by atoms with E-state index >= 15 is 0 Å². The molecule has 3 nitrogen and oxygen atoms in total. The quantitative estimate of drug-likeness (QED) is 0.715. The van der Waals surface area contributed by atoms with Gasteiger partial charge < -0.3 is 14.4 Å². The van der Waals surface area contributed by atoms with Crippen molar-refractivity contribution in [2.24, 2.45) is 0 Å². The van der Waals surface area contributed by atoms with E-state index in [0.29, 0.717) is 13.2 Å². The second kappa shape index (κ2) is 8.65. The van der Waals surface area contributed by atoms with Gasteiger partial charge in [0.15, 0.2) is 0 Å². The van der Waals surface area contributed by atoms with Crippen molar-refractivity contribution in [2.75, 3.05) is 39.5 Å². The molecule has 21 heavy (non-hydrogen) atoms. The van der Waals surface area contributed by atoms with Crippen LogP contribution in [0.4, 0.5) is 0 Å². The van der Waals surface area contributed by atoms with Gasteiger partial charge in [0.1, 0.15) is 18.9 Å². The van der Waals surface area contributed by atoms with Gasteiger partial charge in [-0.25, -0.2) is 0 Å². The third-order valence-corrected chi connectivity index (χ3v) is 3.82. The van der Waals surface area contributed by atoms with Crippen LogP contribution in [0.1, 0.15) is 13.8 Å². The topological polar surface area (TPSA) is 22.9 Å². The van der Waals surface area contributed by atoms with Crippen LogP contribution < -0.4 is 9.64 Å². The fraction of sp³-hybridized carbons (Fsp3) is 0.444. The highest BCUT2D eigenvalue weighted by Gasteiger charge is 2.01. The Morgan fingerprint density at radius 1 is 0.857 bits per heavy atom. The van der Waals surface area contributed by atoms with Crippen molar-refractivity contribution in [2.45, 2.75) is 13.8 Å². The molecular weight excluding hydrogens is 262 g/mol. The second-order valence-electron chi connectivity index (χ2n) is 5.18. The zero-order valence-electron chi connectivity index (χ0n) is 13.1. The molecule has 0 saturated carbocycles. The molecule has 0 unspecified atom stereocenters. The van der Waals surface area contributed by atoms with Gasteiger partial charge in [-0.15, -0.1) is 0 Å². The molecule has 0 bridgehead atoms. The van der Waals surface area contributed by atoms with Crippen LogP contribution in [-0.4, -0.2) is 39.5 Å². The minimum absolute atomic E-state index is 0.603. The number of ether oxygens (including phenoxy) is 2. The molecule has 0 fully saturated rings. The van der Waals surface area contributed by atoms with Gasteiger partial charge in [0.25, 0.3) is 0 Å². The predicted molar refractivity (Wildman–Crippen MR) is 87.2 cm³/mol. The number of benzene rings is 2. The molecule has 2 aromatic rings. The highest BCUT2D eigenvalue weighted by molar-refractivity contribution is 5.83. The molecule has 0 aliphatic rings. The molecule has 1 N–H and O–H groups in total. The molecule has 0 aliphatic carbocycles. The van der Waals surface area contributed by atoms with E-state index < -0.39 is 0 Å². The van der Waals surface area contributed by atoms with Crippen molar-refractivity contribution in [3.8, 4) is 5.75 Å². The van der Waals surface area contributed by atoms with Crippen molar-refractivity contribution in [1.29, 1.82) is 0 Å². The fourth-order valence-electron chi connectivity index (χ4n) is 2.40. The minimum Gasteiger partial charge on any atom is -0.491 e. The van der Waals surface area contributed by atoms with Gasteiger partial charge in [0, 0.05) is 0 Å². The Kier molecular flexibility index (Phi) is 6.51. The zero-order chi connectivity index (χ0) is 14.9. The smallest absolute Gasteiger partial charge is 0.120 e. The van der Waals surface area contributed by atoms with Crippen molar-refractivity contribution in [3.63, 3.8) is 0 Å². The summed E-state index contributed by atoms with van der Waals surface area (Å²) in [4.78, 5) is 1.57. The number of quaternary nitrogens is 1. The molecule has 0 radical (unpaired) electrons. The predicted octanol–water partition coefficient (Wildman–Crippen LogP) is 2.16. The first-order valence-electron chi connectivity index (χ1n) is 7.86. The monoisotopic (exact) mass is 288 g/mol.